The van der Waals surface area contributed by atoms with E-state index in [0.29, 0.717) is 11.8 Å². The molecule has 1 fully saturated rings. The van der Waals surface area contributed by atoms with Gasteiger partial charge in [0.05, 0.1) is 12.6 Å². The molecule has 0 amide bonds. The second-order valence-corrected chi connectivity index (χ2v) is 4.32. The zero-order valence-electron chi connectivity index (χ0n) is 8.35. The molecule has 0 unspecified atom stereocenters. The molecule has 0 spiro atoms. The predicted molar refractivity (Wildman–Crippen MR) is 58.1 cm³/mol. The van der Waals surface area contributed by atoms with E-state index in [9.17, 15) is 10.2 Å². The van der Waals surface area contributed by atoms with E-state index in [0.717, 1.165) is 13.0 Å². The summed E-state index contributed by atoms with van der Waals surface area (Å²) in [6.07, 6.45) is -0.830. The van der Waals surface area contributed by atoms with Crippen LogP contribution in [0.5, 0.6) is 0 Å². The van der Waals surface area contributed by atoms with Gasteiger partial charge in [0.1, 0.15) is 12.2 Å². The second kappa shape index (κ2) is 5.19. The molecule has 1 saturated heterocycles. The van der Waals surface area contributed by atoms with E-state index in [1.807, 2.05) is 11.8 Å². The van der Waals surface area contributed by atoms with Crippen molar-refractivity contribution in [2.45, 2.75) is 31.6 Å². The van der Waals surface area contributed by atoms with Crippen LogP contribution >= 0.6 is 8.86 Å². The topological polar surface area (TPSA) is 63.9 Å². The summed E-state index contributed by atoms with van der Waals surface area (Å²) in [6.45, 7) is 3.30. The lowest BCUT2D eigenvalue weighted by Gasteiger charge is -2.41. The van der Waals surface area contributed by atoms with Gasteiger partial charge < -0.3 is 15.3 Å². The molecule has 4 nitrogen and oxygen atoms in total. The number of hydrogen-bond acceptors (Lipinski definition) is 4. The van der Waals surface area contributed by atoms with Gasteiger partial charge in [-0.2, -0.15) is 0 Å². The Morgan fingerprint density at radius 3 is 2.64 bits per heavy atom. The van der Waals surface area contributed by atoms with Gasteiger partial charge in [-0.15, -0.1) is 8.86 Å². The summed E-state index contributed by atoms with van der Waals surface area (Å²) >= 11 is 0. The maximum Gasteiger partial charge on any atom is 0.108 e. The van der Waals surface area contributed by atoms with Crippen molar-refractivity contribution in [2.24, 2.45) is 0 Å². The number of piperidine rings is 1. The number of aliphatic hydroxyl groups is 3. The Hall–Kier alpha value is 0.01000. The van der Waals surface area contributed by atoms with E-state index in [1.54, 1.807) is 0 Å². The van der Waals surface area contributed by atoms with Crippen LogP contribution in [0.25, 0.3) is 0 Å². The first-order valence-corrected chi connectivity index (χ1v) is 5.40. The molecule has 1 rings (SSSR count). The lowest BCUT2D eigenvalue weighted by atomic mass is 9.96. The summed E-state index contributed by atoms with van der Waals surface area (Å²) < 4.78 is 0. The average molecular weight is 219 g/mol. The molecule has 14 heavy (non-hydrogen) atoms. The van der Waals surface area contributed by atoms with Crippen LogP contribution in [0.2, 0.25) is 0 Å². The Balaban J connectivity index is 2.71. The van der Waals surface area contributed by atoms with Gasteiger partial charge in [0.2, 0.25) is 0 Å². The van der Waals surface area contributed by atoms with Crippen LogP contribution in [0.15, 0.2) is 0 Å². The lowest BCUT2D eigenvalue weighted by Crippen LogP contribution is -2.60. The van der Waals surface area contributed by atoms with Gasteiger partial charge in [0, 0.05) is 6.54 Å². The first kappa shape index (κ1) is 12.1. The minimum absolute atomic E-state index is 0.127. The first-order valence-electron chi connectivity index (χ1n) is 4.90. The van der Waals surface area contributed by atoms with E-state index in [-0.39, 0.29) is 12.6 Å². The molecule has 0 aliphatic carbocycles. The maximum absolute atomic E-state index is 9.70. The fourth-order valence-electron chi connectivity index (χ4n) is 1.82. The molecular formula is C9H18NO3P. The van der Waals surface area contributed by atoms with Crippen LogP contribution in [0.4, 0.5) is 0 Å². The Bertz CT molecular complexity index is 212. The van der Waals surface area contributed by atoms with Gasteiger partial charge in [0.25, 0.3) is 0 Å². The molecule has 5 heteroatoms. The SMILES string of the molecule is CCCN1CC(=P)[C@@H](O)[C@H](O)[C@H]1CO. The Labute approximate surface area is 86.4 Å². The lowest BCUT2D eigenvalue weighted by molar-refractivity contribution is -0.0417. The molecule has 0 radical (unpaired) electrons. The third kappa shape index (κ3) is 2.33. The fraction of sp³-hybridized carbons (Fsp3) is 0.889. The monoisotopic (exact) mass is 219 g/mol. The third-order valence-electron chi connectivity index (χ3n) is 2.62. The highest BCUT2D eigenvalue weighted by Crippen LogP contribution is 2.17. The fourth-order valence-corrected chi connectivity index (χ4v) is 2.19. The normalized spacial score (nSPS) is 34.9. The van der Waals surface area contributed by atoms with Crippen molar-refractivity contribution in [3.63, 3.8) is 0 Å². The van der Waals surface area contributed by atoms with Crippen LogP contribution in [0.3, 0.4) is 0 Å². The highest BCUT2D eigenvalue weighted by atomic mass is 31.0. The standard InChI is InChI=1S/C9H18NO3P/c1-2-3-10-4-7(14)9(13)8(12)6(10)5-11/h6,8-9,11-14H,2-5H2,1H3/t6-,8-,9-/m1/s1. The summed E-state index contributed by atoms with van der Waals surface area (Å²) in [5.74, 6) is 0. The zero-order chi connectivity index (χ0) is 10.7. The van der Waals surface area contributed by atoms with Gasteiger partial charge in [0.15, 0.2) is 0 Å². The zero-order valence-corrected chi connectivity index (χ0v) is 9.35. The van der Waals surface area contributed by atoms with Crippen molar-refractivity contribution in [3.8, 4) is 0 Å². The van der Waals surface area contributed by atoms with Gasteiger partial charge >= 0.3 is 0 Å². The van der Waals surface area contributed by atoms with Gasteiger partial charge in [-0.1, -0.05) is 6.92 Å². The van der Waals surface area contributed by atoms with E-state index < -0.39 is 12.2 Å². The van der Waals surface area contributed by atoms with E-state index in [2.05, 4.69) is 8.86 Å². The van der Waals surface area contributed by atoms with E-state index >= 15 is 0 Å². The number of likely N-dealkylation sites (tertiary alicyclic amines) is 1. The third-order valence-corrected chi connectivity index (χ3v) is 3.07. The van der Waals surface area contributed by atoms with Crippen molar-refractivity contribution < 1.29 is 15.3 Å². The van der Waals surface area contributed by atoms with Crippen LogP contribution in [-0.2, 0) is 0 Å². The summed E-state index contributed by atoms with van der Waals surface area (Å²) in [4.78, 5) is 1.97. The number of hydrogen-bond donors (Lipinski definition) is 3. The van der Waals surface area contributed by atoms with Crippen molar-refractivity contribution >= 4 is 14.2 Å². The van der Waals surface area contributed by atoms with Crippen molar-refractivity contribution in [1.29, 1.82) is 0 Å². The highest BCUT2D eigenvalue weighted by Gasteiger charge is 2.37. The number of nitrogens with zero attached hydrogens (tertiary/aromatic N) is 1. The summed E-state index contributed by atoms with van der Waals surface area (Å²) in [5.41, 5.74) is 0. The highest BCUT2D eigenvalue weighted by molar-refractivity contribution is 7.21. The molecule has 0 aromatic carbocycles. The molecular weight excluding hydrogens is 201 g/mol. The Morgan fingerprint density at radius 1 is 1.50 bits per heavy atom. The van der Waals surface area contributed by atoms with Crippen molar-refractivity contribution in [2.75, 3.05) is 19.7 Å². The number of aliphatic hydroxyl groups excluding tert-OH is 3. The first-order chi connectivity index (χ1) is 6.61. The quantitative estimate of drug-likeness (QED) is 0.539. The van der Waals surface area contributed by atoms with Crippen LogP contribution in [-0.4, -0.2) is 63.5 Å². The molecule has 3 N–H and O–H groups in total. The average Bonchev–Trinajstić information content (AvgIpc) is 2.16. The molecule has 1 aliphatic rings. The van der Waals surface area contributed by atoms with E-state index in [1.165, 1.54) is 0 Å². The van der Waals surface area contributed by atoms with Crippen molar-refractivity contribution in [1.82, 2.24) is 4.90 Å². The van der Waals surface area contributed by atoms with Crippen molar-refractivity contribution in [3.05, 3.63) is 0 Å². The van der Waals surface area contributed by atoms with Gasteiger partial charge in [-0.25, -0.2) is 0 Å². The number of rotatable bonds is 3. The van der Waals surface area contributed by atoms with Gasteiger partial charge in [-0.3, -0.25) is 4.90 Å². The summed E-state index contributed by atoms with van der Waals surface area (Å²) in [7, 11) is 3.30. The molecule has 0 bridgehead atoms. The molecule has 1 heterocycles. The summed E-state index contributed by atoms with van der Waals surface area (Å²) in [6, 6.07) is -0.356. The maximum atomic E-state index is 9.70. The minimum atomic E-state index is -0.909. The predicted octanol–water partition coefficient (Wildman–Crippen LogP) is -0.890. The largest absolute Gasteiger partial charge is 0.395 e. The summed E-state index contributed by atoms with van der Waals surface area (Å²) in [5, 5.41) is 29.1. The Morgan fingerprint density at radius 2 is 2.14 bits per heavy atom. The van der Waals surface area contributed by atoms with Crippen LogP contribution < -0.4 is 0 Å². The molecule has 0 saturated carbocycles. The molecule has 1 aliphatic heterocycles. The molecule has 3 atom stereocenters. The van der Waals surface area contributed by atoms with Crippen LogP contribution in [0.1, 0.15) is 13.3 Å². The smallest absolute Gasteiger partial charge is 0.108 e. The van der Waals surface area contributed by atoms with Gasteiger partial charge in [-0.05, 0) is 18.3 Å². The van der Waals surface area contributed by atoms with E-state index in [4.69, 9.17) is 5.11 Å². The minimum Gasteiger partial charge on any atom is -0.395 e. The molecule has 0 aromatic rings. The second-order valence-electron chi connectivity index (χ2n) is 3.68. The Kier molecular flexibility index (Phi) is 4.48. The molecule has 82 valence electrons. The van der Waals surface area contributed by atoms with Crippen LogP contribution in [0, 0.1) is 0 Å². The molecule has 0 aromatic heterocycles.